The minimum absolute atomic E-state index is 0.587. The van der Waals surface area contributed by atoms with Crippen molar-refractivity contribution in [3.63, 3.8) is 0 Å². The zero-order valence-corrected chi connectivity index (χ0v) is 11.2. The van der Waals surface area contributed by atoms with Crippen LogP contribution in [-0.2, 0) is 13.3 Å². The topological polar surface area (TPSA) is 40.6 Å². The van der Waals surface area contributed by atoms with Gasteiger partial charge in [0.25, 0.3) is 0 Å². The highest BCUT2D eigenvalue weighted by atomic mass is 32.1. The summed E-state index contributed by atoms with van der Waals surface area (Å²) in [5, 5.41) is 0. The maximum Gasteiger partial charge on any atom is 0.549 e. The Labute approximate surface area is 95.6 Å². The quantitative estimate of drug-likeness (QED) is 0.683. The number of thiazole rings is 1. The molecule has 0 N–H and O–H groups in total. The summed E-state index contributed by atoms with van der Waals surface area (Å²) in [7, 11) is -2.66. The van der Waals surface area contributed by atoms with Crippen LogP contribution in [-0.4, -0.2) is 33.6 Å². The van der Waals surface area contributed by atoms with Crippen molar-refractivity contribution in [1.82, 2.24) is 4.98 Å². The van der Waals surface area contributed by atoms with E-state index in [0.717, 1.165) is 4.50 Å². The summed E-state index contributed by atoms with van der Waals surface area (Å²) >= 11 is 1.53. The molecule has 1 heterocycles. The fourth-order valence-electron chi connectivity index (χ4n) is 1.28. The van der Waals surface area contributed by atoms with Crippen LogP contribution in [0.1, 0.15) is 20.8 Å². The third-order valence-corrected chi connectivity index (χ3v) is 6.17. The fourth-order valence-corrected chi connectivity index (χ4v) is 4.95. The van der Waals surface area contributed by atoms with E-state index >= 15 is 0 Å². The van der Waals surface area contributed by atoms with Crippen LogP contribution >= 0.6 is 11.3 Å². The summed E-state index contributed by atoms with van der Waals surface area (Å²) in [5.41, 5.74) is 1.77. The first-order chi connectivity index (χ1) is 7.29. The number of rotatable bonds is 7. The first-order valence-electron chi connectivity index (χ1n) is 5.09. The molecule has 1 aromatic heterocycles. The van der Waals surface area contributed by atoms with Gasteiger partial charge in [-0.15, -0.1) is 11.3 Å². The van der Waals surface area contributed by atoms with Crippen molar-refractivity contribution >= 4 is 24.6 Å². The molecule has 1 aromatic rings. The smallest absolute Gasteiger partial charge is 0.370 e. The van der Waals surface area contributed by atoms with Crippen molar-refractivity contribution in [3.05, 3.63) is 11.7 Å². The second-order valence-electron chi connectivity index (χ2n) is 2.72. The van der Waals surface area contributed by atoms with E-state index in [1.54, 1.807) is 11.7 Å². The third kappa shape index (κ3) is 3.09. The van der Waals surface area contributed by atoms with Gasteiger partial charge in [0.1, 0.15) is 0 Å². The monoisotopic (exact) mass is 247 g/mol. The summed E-state index contributed by atoms with van der Waals surface area (Å²) in [6, 6.07) is 0. The van der Waals surface area contributed by atoms with Crippen LogP contribution in [0.5, 0.6) is 0 Å². The second-order valence-corrected chi connectivity index (χ2v) is 6.49. The summed E-state index contributed by atoms with van der Waals surface area (Å²) < 4.78 is 18.1. The SMILES string of the molecule is CCO[Si](OCC)(OCC)c1cncs1. The van der Waals surface area contributed by atoms with E-state index in [9.17, 15) is 0 Å². The van der Waals surface area contributed by atoms with Gasteiger partial charge < -0.3 is 13.3 Å². The molecule has 0 unspecified atom stereocenters. The Bertz CT molecular complexity index is 251. The highest BCUT2D eigenvalue weighted by Crippen LogP contribution is 2.12. The zero-order valence-electron chi connectivity index (χ0n) is 9.36. The van der Waals surface area contributed by atoms with Gasteiger partial charge in [-0.3, -0.25) is 4.98 Å². The molecule has 0 atom stereocenters. The molecule has 0 aromatic carbocycles. The molecule has 0 amide bonds. The van der Waals surface area contributed by atoms with Crippen LogP contribution in [0.15, 0.2) is 11.7 Å². The van der Waals surface area contributed by atoms with Crippen molar-refractivity contribution < 1.29 is 13.3 Å². The lowest BCUT2D eigenvalue weighted by atomic mass is 10.9. The summed E-state index contributed by atoms with van der Waals surface area (Å²) in [6.45, 7) is 7.60. The van der Waals surface area contributed by atoms with E-state index in [1.165, 1.54) is 11.3 Å². The molecule has 0 saturated heterocycles. The molecule has 1 rings (SSSR count). The lowest BCUT2D eigenvalue weighted by Crippen LogP contribution is -2.55. The molecule has 15 heavy (non-hydrogen) atoms. The van der Waals surface area contributed by atoms with Crippen LogP contribution in [0.2, 0.25) is 0 Å². The Morgan fingerprint density at radius 1 is 1.13 bits per heavy atom. The first kappa shape index (κ1) is 12.8. The maximum absolute atomic E-state index is 5.72. The number of hydrogen-bond acceptors (Lipinski definition) is 5. The van der Waals surface area contributed by atoms with E-state index in [1.807, 2.05) is 20.8 Å². The van der Waals surface area contributed by atoms with Crippen molar-refractivity contribution in [3.8, 4) is 0 Å². The molecular weight excluding hydrogens is 230 g/mol. The van der Waals surface area contributed by atoms with Gasteiger partial charge in [0.05, 0.1) is 10.0 Å². The molecular formula is C9H17NO3SSi. The van der Waals surface area contributed by atoms with Crippen LogP contribution < -0.4 is 4.50 Å². The zero-order chi connectivity index (χ0) is 11.1. The Morgan fingerprint density at radius 2 is 1.67 bits per heavy atom. The predicted octanol–water partition coefficient (Wildman–Crippen LogP) is 1.40. The molecule has 0 spiro atoms. The van der Waals surface area contributed by atoms with E-state index in [4.69, 9.17) is 13.3 Å². The van der Waals surface area contributed by atoms with E-state index in [0.29, 0.717) is 19.8 Å². The molecule has 0 bridgehead atoms. The summed E-state index contributed by atoms with van der Waals surface area (Å²) in [5.74, 6) is 0. The maximum atomic E-state index is 5.72. The lowest BCUT2D eigenvalue weighted by molar-refractivity contribution is 0.0866. The average Bonchev–Trinajstić information content (AvgIpc) is 2.72. The molecule has 0 fully saturated rings. The van der Waals surface area contributed by atoms with Crippen molar-refractivity contribution in [2.75, 3.05) is 19.8 Å². The average molecular weight is 247 g/mol. The molecule has 86 valence electrons. The Morgan fingerprint density at radius 3 is 2.00 bits per heavy atom. The van der Waals surface area contributed by atoms with Gasteiger partial charge in [0.15, 0.2) is 0 Å². The van der Waals surface area contributed by atoms with Crippen LogP contribution in [0, 0.1) is 0 Å². The van der Waals surface area contributed by atoms with Crippen LogP contribution in [0.25, 0.3) is 0 Å². The van der Waals surface area contributed by atoms with E-state index in [2.05, 4.69) is 4.98 Å². The van der Waals surface area contributed by atoms with Crippen molar-refractivity contribution in [1.29, 1.82) is 0 Å². The number of aromatic nitrogens is 1. The molecule has 4 nitrogen and oxygen atoms in total. The van der Waals surface area contributed by atoms with Gasteiger partial charge in [-0.25, -0.2) is 0 Å². The van der Waals surface area contributed by atoms with Gasteiger partial charge in [-0.05, 0) is 20.8 Å². The highest BCUT2D eigenvalue weighted by molar-refractivity contribution is 7.22. The van der Waals surface area contributed by atoms with Gasteiger partial charge in [-0.1, -0.05) is 0 Å². The Kier molecular flexibility index (Phi) is 5.41. The minimum atomic E-state index is -2.66. The normalized spacial score (nSPS) is 11.9. The van der Waals surface area contributed by atoms with Crippen LogP contribution in [0.4, 0.5) is 0 Å². The van der Waals surface area contributed by atoms with Crippen molar-refractivity contribution in [2.45, 2.75) is 20.8 Å². The third-order valence-electron chi connectivity index (χ3n) is 1.74. The van der Waals surface area contributed by atoms with Crippen molar-refractivity contribution in [2.24, 2.45) is 0 Å². The van der Waals surface area contributed by atoms with Gasteiger partial charge in [0.2, 0.25) is 0 Å². The number of hydrogen-bond donors (Lipinski definition) is 0. The highest BCUT2D eigenvalue weighted by Gasteiger charge is 2.44. The summed E-state index contributed by atoms with van der Waals surface area (Å²) in [6.07, 6.45) is 1.78. The fraction of sp³-hybridized carbons (Fsp3) is 0.667. The van der Waals surface area contributed by atoms with E-state index in [-0.39, 0.29) is 0 Å². The molecule has 0 aliphatic heterocycles. The molecule has 0 radical (unpaired) electrons. The summed E-state index contributed by atoms with van der Waals surface area (Å²) in [4.78, 5) is 4.05. The molecule has 6 heteroatoms. The van der Waals surface area contributed by atoms with Crippen LogP contribution in [0.3, 0.4) is 0 Å². The van der Waals surface area contributed by atoms with Gasteiger partial charge in [-0.2, -0.15) is 0 Å². The Balaban J connectivity index is 2.90. The van der Waals surface area contributed by atoms with Gasteiger partial charge in [0, 0.05) is 26.0 Å². The first-order valence-corrected chi connectivity index (χ1v) is 7.70. The van der Waals surface area contributed by atoms with E-state index < -0.39 is 8.80 Å². The largest absolute Gasteiger partial charge is 0.549 e. The number of nitrogens with zero attached hydrogens (tertiary/aromatic N) is 1. The minimum Gasteiger partial charge on any atom is -0.370 e. The predicted molar refractivity (Wildman–Crippen MR) is 62.4 cm³/mol. The lowest BCUT2D eigenvalue weighted by Gasteiger charge is -2.26. The second kappa shape index (κ2) is 6.34. The standard InChI is InChI=1S/C9H17NO3SSi/c1-4-11-15(12-5-2,13-6-3)9-7-10-8-14-9/h7-8H,4-6H2,1-3H3. The molecule has 0 saturated carbocycles. The molecule has 0 aliphatic carbocycles. The molecule has 0 aliphatic rings. The van der Waals surface area contributed by atoms with Gasteiger partial charge >= 0.3 is 8.80 Å². The Hall–Kier alpha value is -0.273.